The molecule has 2 rings (SSSR count). The number of nitrogens with zero attached hydrogens (tertiary/aromatic N) is 1. The molecule has 2 aromatic rings. The van der Waals surface area contributed by atoms with Crippen molar-refractivity contribution in [3.05, 3.63) is 65.0 Å². The Morgan fingerprint density at radius 2 is 1.90 bits per heavy atom. The SMILES string of the molecule is CCN(CC(=O)c1cc(C)ccc1C)c1cccc(F)c1. The Morgan fingerprint density at radius 3 is 2.57 bits per heavy atom. The number of benzene rings is 2. The molecule has 0 bridgehead atoms. The number of anilines is 1. The second-order valence-electron chi connectivity index (χ2n) is 5.24. The van der Waals surface area contributed by atoms with E-state index in [9.17, 15) is 9.18 Å². The molecular weight excluding hydrogens is 265 g/mol. The summed E-state index contributed by atoms with van der Waals surface area (Å²) in [6.45, 7) is 6.77. The molecule has 0 aliphatic rings. The van der Waals surface area contributed by atoms with Crippen LogP contribution in [0.2, 0.25) is 0 Å². The highest BCUT2D eigenvalue weighted by Gasteiger charge is 2.14. The Balaban J connectivity index is 2.22. The number of hydrogen-bond acceptors (Lipinski definition) is 2. The first-order valence-electron chi connectivity index (χ1n) is 7.12. The van der Waals surface area contributed by atoms with Crippen LogP contribution in [0.4, 0.5) is 10.1 Å². The van der Waals surface area contributed by atoms with Gasteiger partial charge in [0.2, 0.25) is 0 Å². The second kappa shape index (κ2) is 6.53. The van der Waals surface area contributed by atoms with Crippen molar-refractivity contribution < 1.29 is 9.18 Å². The Bertz CT molecular complexity index is 651. The minimum absolute atomic E-state index is 0.0577. The summed E-state index contributed by atoms with van der Waals surface area (Å²) < 4.78 is 13.3. The summed E-state index contributed by atoms with van der Waals surface area (Å²) >= 11 is 0. The van der Waals surface area contributed by atoms with Crippen LogP contribution in [0.3, 0.4) is 0 Å². The van der Waals surface area contributed by atoms with Crippen molar-refractivity contribution in [2.45, 2.75) is 20.8 Å². The van der Waals surface area contributed by atoms with E-state index in [1.807, 2.05) is 49.9 Å². The number of likely N-dealkylation sites (N-methyl/N-ethyl adjacent to an activating group) is 1. The van der Waals surface area contributed by atoms with Gasteiger partial charge in [-0.3, -0.25) is 4.79 Å². The molecule has 2 aromatic carbocycles. The monoisotopic (exact) mass is 285 g/mol. The van der Waals surface area contributed by atoms with E-state index in [4.69, 9.17) is 0 Å². The van der Waals surface area contributed by atoms with Gasteiger partial charge >= 0.3 is 0 Å². The molecule has 0 radical (unpaired) electrons. The highest BCUT2D eigenvalue weighted by molar-refractivity contribution is 6.00. The first-order valence-corrected chi connectivity index (χ1v) is 7.12. The fourth-order valence-corrected chi connectivity index (χ4v) is 2.35. The molecule has 0 aromatic heterocycles. The number of halogens is 1. The van der Waals surface area contributed by atoms with Gasteiger partial charge in [0.15, 0.2) is 5.78 Å². The summed E-state index contributed by atoms with van der Waals surface area (Å²) in [6.07, 6.45) is 0. The van der Waals surface area contributed by atoms with Gasteiger partial charge in [-0.25, -0.2) is 4.39 Å². The maximum Gasteiger partial charge on any atom is 0.182 e. The molecular formula is C18H20FNO. The number of aryl methyl sites for hydroxylation is 2. The first kappa shape index (κ1) is 15.2. The quantitative estimate of drug-likeness (QED) is 0.769. The Labute approximate surface area is 125 Å². The smallest absolute Gasteiger partial charge is 0.182 e. The van der Waals surface area contributed by atoms with Crippen molar-refractivity contribution in [3.63, 3.8) is 0 Å². The van der Waals surface area contributed by atoms with Crippen molar-refractivity contribution in [3.8, 4) is 0 Å². The number of Topliss-reactive ketones (excluding diaryl/α,β-unsaturated/α-hetero) is 1. The van der Waals surface area contributed by atoms with Gasteiger partial charge in [0, 0.05) is 17.8 Å². The van der Waals surface area contributed by atoms with Gasteiger partial charge in [-0.2, -0.15) is 0 Å². The summed E-state index contributed by atoms with van der Waals surface area (Å²) in [4.78, 5) is 14.4. The van der Waals surface area contributed by atoms with E-state index < -0.39 is 0 Å². The molecule has 2 nitrogen and oxygen atoms in total. The van der Waals surface area contributed by atoms with Crippen LogP contribution in [0, 0.1) is 19.7 Å². The molecule has 0 aliphatic heterocycles. The second-order valence-corrected chi connectivity index (χ2v) is 5.24. The predicted molar refractivity (Wildman–Crippen MR) is 84.5 cm³/mol. The lowest BCUT2D eigenvalue weighted by molar-refractivity contribution is 0.0998. The molecule has 0 amide bonds. The summed E-state index contributed by atoms with van der Waals surface area (Å²) in [5.41, 5.74) is 3.51. The minimum atomic E-state index is -0.287. The van der Waals surface area contributed by atoms with Crippen LogP contribution in [0.5, 0.6) is 0 Å². The van der Waals surface area contributed by atoms with E-state index in [0.29, 0.717) is 6.54 Å². The highest BCUT2D eigenvalue weighted by atomic mass is 19.1. The van der Waals surface area contributed by atoms with E-state index in [0.717, 1.165) is 22.4 Å². The number of rotatable bonds is 5. The largest absolute Gasteiger partial charge is 0.364 e. The summed E-state index contributed by atoms with van der Waals surface area (Å²) in [5, 5.41) is 0. The summed E-state index contributed by atoms with van der Waals surface area (Å²) in [6, 6.07) is 12.2. The predicted octanol–water partition coefficient (Wildman–Crippen LogP) is 4.15. The highest BCUT2D eigenvalue weighted by Crippen LogP contribution is 2.17. The third-order valence-electron chi connectivity index (χ3n) is 3.58. The van der Waals surface area contributed by atoms with Crippen molar-refractivity contribution >= 4 is 11.5 Å². The standard InChI is InChI=1S/C18H20FNO/c1-4-20(16-7-5-6-15(19)11-16)12-18(21)17-10-13(2)8-9-14(17)3/h5-11H,4,12H2,1-3H3. The average Bonchev–Trinajstić information content (AvgIpc) is 2.47. The maximum atomic E-state index is 13.3. The zero-order chi connectivity index (χ0) is 15.4. The van der Waals surface area contributed by atoms with Gasteiger partial charge in [-0.15, -0.1) is 0 Å². The van der Waals surface area contributed by atoms with Gasteiger partial charge in [0.1, 0.15) is 5.82 Å². The van der Waals surface area contributed by atoms with Crippen LogP contribution < -0.4 is 4.90 Å². The normalized spacial score (nSPS) is 10.5. The number of carbonyl (C=O) groups is 1. The van der Waals surface area contributed by atoms with Crippen LogP contribution in [-0.4, -0.2) is 18.9 Å². The van der Waals surface area contributed by atoms with E-state index in [-0.39, 0.29) is 18.1 Å². The topological polar surface area (TPSA) is 20.3 Å². The third kappa shape index (κ3) is 3.69. The minimum Gasteiger partial charge on any atom is -0.364 e. The van der Waals surface area contributed by atoms with Crippen molar-refractivity contribution in [1.29, 1.82) is 0 Å². The molecule has 21 heavy (non-hydrogen) atoms. The molecule has 0 fully saturated rings. The fourth-order valence-electron chi connectivity index (χ4n) is 2.35. The summed E-state index contributed by atoms with van der Waals surface area (Å²) in [7, 11) is 0. The van der Waals surface area contributed by atoms with Gasteiger partial charge in [0.05, 0.1) is 6.54 Å². The lowest BCUT2D eigenvalue weighted by atomic mass is 10.0. The van der Waals surface area contributed by atoms with Crippen LogP contribution in [-0.2, 0) is 0 Å². The number of ketones is 1. The molecule has 0 N–H and O–H groups in total. The van der Waals surface area contributed by atoms with Crippen LogP contribution in [0.15, 0.2) is 42.5 Å². The Hall–Kier alpha value is -2.16. The molecule has 0 aliphatic carbocycles. The van der Waals surface area contributed by atoms with Gasteiger partial charge in [-0.05, 0) is 50.6 Å². The van der Waals surface area contributed by atoms with Crippen LogP contribution in [0.25, 0.3) is 0 Å². The van der Waals surface area contributed by atoms with E-state index in [1.165, 1.54) is 12.1 Å². The van der Waals surface area contributed by atoms with Crippen LogP contribution >= 0.6 is 0 Å². The zero-order valence-corrected chi connectivity index (χ0v) is 12.7. The molecule has 0 saturated carbocycles. The van der Waals surface area contributed by atoms with E-state index in [1.54, 1.807) is 6.07 Å². The molecule has 0 heterocycles. The van der Waals surface area contributed by atoms with E-state index in [2.05, 4.69) is 0 Å². The molecule has 3 heteroatoms. The zero-order valence-electron chi connectivity index (χ0n) is 12.7. The molecule has 110 valence electrons. The fraction of sp³-hybridized carbons (Fsp3) is 0.278. The lowest BCUT2D eigenvalue weighted by Gasteiger charge is -2.22. The van der Waals surface area contributed by atoms with Gasteiger partial charge in [0.25, 0.3) is 0 Å². The maximum absolute atomic E-state index is 13.3. The number of hydrogen-bond donors (Lipinski definition) is 0. The summed E-state index contributed by atoms with van der Waals surface area (Å²) in [5.74, 6) is -0.229. The number of carbonyl (C=O) groups excluding carboxylic acids is 1. The third-order valence-corrected chi connectivity index (χ3v) is 3.58. The van der Waals surface area contributed by atoms with Crippen molar-refractivity contribution in [1.82, 2.24) is 0 Å². The lowest BCUT2D eigenvalue weighted by Crippen LogP contribution is -2.30. The van der Waals surface area contributed by atoms with Gasteiger partial charge < -0.3 is 4.90 Å². The van der Waals surface area contributed by atoms with Crippen LogP contribution in [0.1, 0.15) is 28.4 Å². The average molecular weight is 285 g/mol. The van der Waals surface area contributed by atoms with E-state index >= 15 is 0 Å². The first-order chi connectivity index (χ1) is 10.0. The van der Waals surface area contributed by atoms with Gasteiger partial charge in [-0.1, -0.05) is 23.8 Å². The van der Waals surface area contributed by atoms with Crippen molar-refractivity contribution in [2.24, 2.45) is 0 Å². The molecule has 0 atom stereocenters. The molecule has 0 unspecified atom stereocenters. The molecule has 0 saturated heterocycles. The molecule has 0 spiro atoms. The Kier molecular flexibility index (Phi) is 4.73. The van der Waals surface area contributed by atoms with Crippen molar-refractivity contribution in [2.75, 3.05) is 18.0 Å². The Morgan fingerprint density at radius 1 is 1.14 bits per heavy atom.